The van der Waals surface area contributed by atoms with Gasteiger partial charge in [-0.05, 0) is 49.2 Å². The minimum atomic E-state index is -3.59. The van der Waals surface area contributed by atoms with Gasteiger partial charge in [0.1, 0.15) is 0 Å². The molecule has 1 saturated heterocycles. The Hall–Kier alpha value is -4.32. The van der Waals surface area contributed by atoms with Gasteiger partial charge in [0.2, 0.25) is 20.0 Å². The van der Waals surface area contributed by atoms with Crippen LogP contribution < -0.4 is 0 Å². The molecule has 1 aliphatic rings. The Bertz CT molecular complexity index is 1800. The van der Waals surface area contributed by atoms with Crippen LogP contribution in [0, 0.1) is 36.5 Å². The zero-order valence-electron chi connectivity index (χ0n) is 25.2. The highest BCUT2D eigenvalue weighted by molar-refractivity contribution is 7.89. The van der Waals surface area contributed by atoms with Crippen molar-refractivity contribution in [3.63, 3.8) is 0 Å². The summed E-state index contributed by atoms with van der Waals surface area (Å²) in [5.41, 5.74) is 3.93. The summed E-state index contributed by atoms with van der Waals surface area (Å²) in [5, 5.41) is 16.6. The van der Waals surface area contributed by atoms with Gasteiger partial charge in [-0.3, -0.25) is 0 Å². The van der Waals surface area contributed by atoms with E-state index in [1.165, 1.54) is 22.6 Å². The van der Waals surface area contributed by atoms with E-state index >= 15 is 0 Å². The molecule has 8 nitrogen and oxygen atoms in total. The molecule has 0 aromatic heterocycles. The lowest BCUT2D eigenvalue weighted by atomic mass is 10.0. The van der Waals surface area contributed by atoms with Crippen molar-refractivity contribution >= 4 is 20.0 Å². The maximum Gasteiger partial charge on any atom is 0.243 e. The lowest BCUT2D eigenvalue weighted by Crippen LogP contribution is -2.30. The van der Waals surface area contributed by atoms with Crippen molar-refractivity contribution in [3.8, 4) is 12.1 Å². The van der Waals surface area contributed by atoms with Crippen LogP contribution >= 0.6 is 0 Å². The molecule has 5 rings (SSSR count). The number of hydrogen-bond donors (Lipinski definition) is 0. The van der Waals surface area contributed by atoms with Gasteiger partial charge in [-0.2, -0.15) is 19.1 Å². The molecule has 3 atom stereocenters. The predicted molar refractivity (Wildman–Crippen MR) is 171 cm³/mol. The molecule has 0 saturated carbocycles. The van der Waals surface area contributed by atoms with E-state index in [0.717, 1.165) is 22.3 Å². The highest BCUT2D eigenvalue weighted by Crippen LogP contribution is 2.40. The molecule has 0 aliphatic carbocycles. The number of nitriles is 2. The molecular weight excluding hydrogens is 593 g/mol. The van der Waals surface area contributed by atoms with E-state index in [9.17, 15) is 22.1 Å². The molecule has 4 aromatic rings. The van der Waals surface area contributed by atoms with E-state index in [1.54, 1.807) is 42.5 Å². The van der Waals surface area contributed by atoms with E-state index in [4.69, 9.17) is 5.26 Å². The molecule has 4 aromatic carbocycles. The predicted octanol–water partition coefficient (Wildman–Crippen LogP) is 6.19. The molecular formula is C34H36N4O4S2. The van der Waals surface area contributed by atoms with Gasteiger partial charge in [0.15, 0.2) is 0 Å². The summed E-state index contributed by atoms with van der Waals surface area (Å²) < 4.78 is 52.7. The van der Waals surface area contributed by atoms with Crippen molar-refractivity contribution in [1.82, 2.24) is 8.61 Å². The van der Waals surface area contributed by atoms with E-state index in [1.807, 2.05) is 86.6 Å². The zero-order chi connectivity index (χ0) is 32.3. The molecule has 0 amide bonds. The van der Waals surface area contributed by atoms with Crippen molar-refractivity contribution in [1.29, 1.82) is 10.5 Å². The van der Waals surface area contributed by atoms with Crippen molar-refractivity contribution in [3.05, 3.63) is 131 Å². The molecule has 3 unspecified atom stereocenters. The minimum absolute atomic E-state index is 0.00694. The third-order valence-corrected chi connectivity index (χ3v) is 10.6. The second-order valence-corrected chi connectivity index (χ2v) is 14.2. The maximum absolute atomic E-state index is 12.5. The largest absolute Gasteiger partial charge is 0.243 e. The van der Waals surface area contributed by atoms with Crippen LogP contribution in [0.15, 0.2) is 119 Å². The van der Waals surface area contributed by atoms with Crippen LogP contribution in [0.2, 0.25) is 0 Å². The Labute approximate surface area is 261 Å². The highest BCUT2D eigenvalue weighted by atomic mass is 32.2. The zero-order valence-corrected chi connectivity index (χ0v) is 26.8. The molecule has 1 heterocycles. The summed E-state index contributed by atoms with van der Waals surface area (Å²) in [5.74, 6) is -0.494. The third kappa shape index (κ3) is 8.85. The number of aryl methyl sites for hydroxylation is 2. The summed E-state index contributed by atoms with van der Waals surface area (Å²) in [4.78, 5) is 0.613. The van der Waals surface area contributed by atoms with Crippen LogP contribution in [-0.2, 0) is 20.0 Å². The molecule has 0 spiro atoms. The number of hydrogen-bond acceptors (Lipinski definition) is 6. The first kappa shape index (κ1) is 34.2. The van der Waals surface area contributed by atoms with Gasteiger partial charge in [-0.1, -0.05) is 96.1 Å². The second kappa shape index (κ2) is 15.4. The molecule has 0 radical (unpaired) electrons. The average Bonchev–Trinajstić information content (AvgIpc) is 3.84. The van der Waals surface area contributed by atoms with Crippen molar-refractivity contribution in [2.24, 2.45) is 0 Å². The highest BCUT2D eigenvalue weighted by Gasteiger charge is 2.45. The topological polar surface area (TPSA) is 122 Å². The van der Waals surface area contributed by atoms with E-state index in [0.29, 0.717) is 11.4 Å². The van der Waals surface area contributed by atoms with Crippen LogP contribution in [0.1, 0.15) is 41.1 Å². The molecule has 44 heavy (non-hydrogen) atoms. The molecule has 0 bridgehead atoms. The summed E-state index contributed by atoms with van der Waals surface area (Å²) >= 11 is 0. The monoisotopic (exact) mass is 628 g/mol. The van der Waals surface area contributed by atoms with Crippen LogP contribution in [0.25, 0.3) is 0 Å². The van der Waals surface area contributed by atoms with Gasteiger partial charge in [-0.25, -0.2) is 16.8 Å². The summed E-state index contributed by atoms with van der Waals surface area (Å²) in [6, 6.07) is 36.6. The number of nitrogens with zero attached hydrogens (tertiary/aromatic N) is 4. The fraction of sp³-hybridized carbons (Fsp3) is 0.235. The summed E-state index contributed by atoms with van der Waals surface area (Å²) in [6.07, 6.45) is 0. The maximum atomic E-state index is 12.5. The first-order chi connectivity index (χ1) is 20.9. The Balaban J connectivity index is 0.000000222. The molecule has 10 heteroatoms. The number of benzene rings is 4. The van der Waals surface area contributed by atoms with Gasteiger partial charge >= 0.3 is 0 Å². The molecule has 1 fully saturated rings. The van der Waals surface area contributed by atoms with Crippen LogP contribution in [0.3, 0.4) is 0 Å². The number of rotatable bonds is 8. The fourth-order valence-corrected chi connectivity index (χ4v) is 7.06. The van der Waals surface area contributed by atoms with Crippen molar-refractivity contribution in [2.45, 2.75) is 42.5 Å². The van der Waals surface area contributed by atoms with Crippen molar-refractivity contribution < 1.29 is 16.8 Å². The number of likely N-dealkylation sites (N-methyl/N-ethyl adjacent to an activating group) is 1. The molecule has 1 aliphatic heterocycles. The molecule has 228 valence electrons. The normalized spacial score (nSPS) is 16.2. The van der Waals surface area contributed by atoms with Gasteiger partial charge in [0, 0.05) is 27.1 Å². The van der Waals surface area contributed by atoms with E-state index < -0.39 is 26.0 Å². The molecule has 0 N–H and O–H groups in total. The van der Waals surface area contributed by atoms with Gasteiger partial charge in [-0.15, -0.1) is 0 Å². The smallest absolute Gasteiger partial charge is 0.207 e. The van der Waals surface area contributed by atoms with Crippen LogP contribution in [0.4, 0.5) is 0 Å². The Morgan fingerprint density at radius 1 is 0.773 bits per heavy atom. The van der Waals surface area contributed by atoms with E-state index in [2.05, 4.69) is 6.07 Å². The van der Waals surface area contributed by atoms with Crippen LogP contribution in [-0.4, -0.2) is 45.6 Å². The lowest BCUT2D eigenvalue weighted by Gasteiger charge is -2.20. The Kier molecular flexibility index (Phi) is 12.0. The summed E-state index contributed by atoms with van der Waals surface area (Å²) in [7, 11) is -5.43. The average molecular weight is 629 g/mol. The van der Waals surface area contributed by atoms with Gasteiger partial charge in [0.25, 0.3) is 0 Å². The van der Waals surface area contributed by atoms with Gasteiger partial charge < -0.3 is 0 Å². The minimum Gasteiger partial charge on any atom is -0.207 e. The first-order valence-electron chi connectivity index (χ1n) is 13.9. The fourth-order valence-electron chi connectivity index (χ4n) is 4.33. The van der Waals surface area contributed by atoms with E-state index in [-0.39, 0.29) is 17.5 Å². The van der Waals surface area contributed by atoms with Crippen LogP contribution in [0.5, 0.6) is 0 Å². The van der Waals surface area contributed by atoms with Crippen molar-refractivity contribution in [2.75, 3.05) is 20.1 Å². The quantitative estimate of drug-likeness (QED) is 0.214. The number of sulfonamides is 2. The Morgan fingerprint density at radius 2 is 1.23 bits per heavy atom. The summed E-state index contributed by atoms with van der Waals surface area (Å²) in [6.45, 7) is 5.97. The first-order valence-corrected chi connectivity index (χ1v) is 16.8. The second-order valence-electron chi connectivity index (χ2n) is 10.2. The lowest BCUT2D eigenvalue weighted by molar-refractivity contribution is 0.460. The SMILES string of the molecule is CC#N.Cc1ccc(S(=O)(=O)N(C)CC(C#N)c2ccccc2)cc1.Cc1ccc(S(=O)(=O)N2CC2c2ccccc2)cc1. The third-order valence-electron chi connectivity index (χ3n) is 6.91. The standard InChI is InChI=1S/C17H18N2O2S.C15H15NO2S.C2H3N/c1-14-8-10-17(11-9-14)22(20,21)19(2)13-16(12-18)15-6-4-3-5-7-15;1-12-7-9-14(10-8-12)19(17,18)16-11-15(16)13-5-3-2-4-6-13;1-2-3/h3-11,16H,13H2,1-2H3;2-10,15H,11H2,1H3;1H3. The Morgan fingerprint density at radius 3 is 1.70 bits per heavy atom. The van der Waals surface area contributed by atoms with Gasteiger partial charge in [0.05, 0.1) is 33.9 Å².